The third kappa shape index (κ3) is 7.32. The molecule has 1 aliphatic heterocycles. The molecule has 0 bridgehead atoms. The van der Waals surface area contributed by atoms with E-state index in [4.69, 9.17) is 0 Å². The lowest BCUT2D eigenvalue weighted by Crippen LogP contribution is -2.38. The van der Waals surface area contributed by atoms with Crippen molar-refractivity contribution < 1.29 is 0 Å². The second-order valence-corrected chi connectivity index (χ2v) is 12.7. The summed E-state index contributed by atoms with van der Waals surface area (Å²) in [4.78, 5) is 19.0. The van der Waals surface area contributed by atoms with E-state index >= 15 is 0 Å². The van der Waals surface area contributed by atoms with Crippen molar-refractivity contribution in [2.24, 2.45) is 5.92 Å². The Balaban J connectivity index is 0.000000947. The number of nitriles is 1. The summed E-state index contributed by atoms with van der Waals surface area (Å²) in [6.45, 7) is 16.0. The molecule has 1 aliphatic rings. The fourth-order valence-corrected chi connectivity index (χ4v) is 5.30. The molecule has 3 aromatic rings. The van der Waals surface area contributed by atoms with Crippen LogP contribution in [0.15, 0.2) is 52.4 Å². The predicted molar refractivity (Wildman–Crippen MR) is 167 cm³/mol. The van der Waals surface area contributed by atoms with E-state index in [1.807, 2.05) is 51.3 Å². The normalized spacial score (nSPS) is 16.9. The van der Waals surface area contributed by atoms with Gasteiger partial charge in [0.15, 0.2) is 5.82 Å². The highest BCUT2D eigenvalue weighted by atomic mass is 32.2. The minimum absolute atomic E-state index is 0.0804. The van der Waals surface area contributed by atoms with Crippen LogP contribution in [-0.4, -0.2) is 51.2 Å². The first-order valence-electron chi connectivity index (χ1n) is 13.3. The maximum absolute atomic E-state index is 12.8. The zero-order valence-corrected chi connectivity index (χ0v) is 24.7. The number of benzene rings is 1. The monoisotopic (exact) mass is 536 g/mol. The molecule has 0 amide bonds. The fourth-order valence-electron chi connectivity index (χ4n) is 4.51. The molecule has 3 heterocycles. The Morgan fingerprint density at radius 1 is 1.26 bits per heavy atom. The number of nitrogens with one attached hydrogen (secondary N) is 3. The first kappa shape index (κ1) is 30.8. The largest absolute Gasteiger partial charge is 0.375 e. The van der Waals surface area contributed by atoms with Gasteiger partial charge in [-0.05, 0) is 60.2 Å². The van der Waals surface area contributed by atoms with E-state index in [0.717, 1.165) is 41.4 Å². The van der Waals surface area contributed by atoms with Crippen LogP contribution < -0.4 is 10.9 Å². The Hall–Kier alpha value is -3.44. The molecule has 8 heteroatoms. The van der Waals surface area contributed by atoms with Crippen molar-refractivity contribution in [1.29, 1.82) is 5.26 Å². The molecule has 0 saturated carbocycles. The number of fused-ring (bicyclic) bond motifs is 1. The third-order valence-corrected chi connectivity index (χ3v) is 7.79. The van der Waals surface area contributed by atoms with Crippen molar-refractivity contribution in [2.75, 3.05) is 24.7 Å². The lowest BCUT2D eigenvalue weighted by atomic mass is 9.79. The predicted octanol–water partition coefficient (Wildman–Crippen LogP) is 6.95. The second-order valence-electron chi connectivity index (χ2n) is 9.72. The number of aromatic amines is 2. The molecule has 3 N–H and O–H groups in total. The van der Waals surface area contributed by atoms with Gasteiger partial charge in [0.25, 0.3) is 5.56 Å². The summed E-state index contributed by atoms with van der Waals surface area (Å²) in [5, 5.41) is 20.7. The highest BCUT2D eigenvalue weighted by molar-refractivity contribution is 8.27. The topological polar surface area (TPSA) is 101 Å². The highest BCUT2D eigenvalue weighted by Gasteiger charge is 2.32. The number of likely N-dealkylation sites (tertiary alicyclic amines) is 1. The van der Waals surface area contributed by atoms with Gasteiger partial charge in [0.1, 0.15) is 5.39 Å². The Labute approximate surface area is 228 Å². The maximum atomic E-state index is 12.8. The van der Waals surface area contributed by atoms with E-state index in [9.17, 15) is 10.1 Å². The molecule has 2 atom stereocenters. The van der Waals surface area contributed by atoms with E-state index in [2.05, 4.69) is 63.6 Å². The number of anilines is 2. The minimum Gasteiger partial charge on any atom is -0.375 e. The lowest BCUT2D eigenvalue weighted by molar-refractivity contribution is 0.199. The van der Waals surface area contributed by atoms with Gasteiger partial charge in [-0.25, -0.2) is 0 Å². The average Bonchev–Trinajstić information content (AvgIpc) is 3.31. The van der Waals surface area contributed by atoms with Crippen molar-refractivity contribution in [3.8, 4) is 6.07 Å². The van der Waals surface area contributed by atoms with Gasteiger partial charge < -0.3 is 15.2 Å². The zero-order valence-electron chi connectivity index (χ0n) is 23.9. The molecule has 4 rings (SSSR count). The Morgan fingerprint density at radius 2 is 1.89 bits per heavy atom. The maximum Gasteiger partial charge on any atom is 0.261 e. The van der Waals surface area contributed by atoms with Gasteiger partial charge in [-0.3, -0.25) is 9.89 Å². The number of hydrogen-bond acceptors (Lipinski definition) is 5. The van der Waals surface area contributed by atoms with Crippen LogP contribution in [0.25, 0.3) is 10.9 Å². The van der Waals surface area contributed by atoms with Gasteiger partial charge in [-0.1, -0.05) is 52.4 Å². The first-order valence-corrected chi connectivity index (χ1v) is 15.7. The van der Waals surface area contributed by atoms with Crippen LogP contribution in [0.5, 0.6) is 0 Å². The summed E-state index contributed by atoms with van der Waals surface area (Å²) in [6, 6.07) is 10.2. The van der Waals surface area contributed by atoms with Gasteiger partial charge in [0.05, 0.1) is 11.6 Å². The molecule has 0 aliphatic carbocycles. The van der Waals surface area contributed by atoms with Crippen LogP contribution in [-0.2, 0) is 0 Å². The number of aromatic nitrogens is 3. The molecule has 1 fully saturated rings. The number of pyridine rings is 1. The molecule has 1 saturated heterocycles. The molecule has 0 radical (unpaired) electrons. The van der Waals surface area contributed by atoms with Crippen LogP contribution in [0.2, 0.25) is 0 Å². The van der Waals surface area contributed by atoms with Gasteiger partial charge >= 0.3 is 0 Å². The quantitative estimate of drug-likeness (QED) is 0.296. The molecule has 7 nitrogen and oxygen atoms in total. The van der Waals surface area contributed by atoms with Crippen LogP contribution in [0.3, 0.4) is 0 Å². The molecule has 0 spiro atoms. The van der Waals surface area contributed by atoms with Crippen LogP contribution in [0.1, 0.15) is 65.4 Å². The van der Waals surface area contributed by atoms with Crippen LogP contribution >= 0.6 is 9.21 Å². The number of hydrogen-bond donors (Lipinski definition) is 3. The molecular formula is C30H44N6OS. The van der Waals surface area contributed by atoms with Crippen molar-refractivity contribution in [3.63, 3.8) is 0 Å². The minimum atomic E-state index is -1.30. The van der Waals surface area contributed by atoms with Crippen LogP contribution in [0, 0.1) is 17.2 Å². The van der Waals surface area contributed by atoms with Gasteiger partial charge in [-0.2, -0.15) is 19.6 Å². The summed E-state index contributed by atoms with van der Waals surface area (Å²) < 4.78 is 0. The number of allylic oxidation sites excluding steroid dienone is 1. The van der Waals surface area contributed by atoms with E-state index in [1.165, 1.54) is 6.42 Å². The highest BCUT2D eigenvalue weighted by Crippen LogP contribution is 2.38. The standard InChI is InChI=1S/C25H30N6OS.C3H8.C2H6/c1-16(2)31-13-11-17(10-12-26)21(15-31)20-14-27-25(32)22-23(20)29-30-24(22)28-18-6-8-19(9-7-18)33(3,4)5;1-3-2;1-2/h6-9,14,17,21H,1,3-4,10-11,13,15H2,2,5H3,(H,27,32)(H2,28,29,30);3H2,1-2H3;1-2H3/t17-,21-;;/m1../s1. The van der Waals surface area contributed by atoms with Crippen molar-refractivity contribution in [3.05, 3.63) is 58.7 Å². The number of nitrogens with zero attached hydrogens (tertiary/aromatic N) is 3. The van der Waals surface area contributed by atoms with Crippen molar-refractivity contribution in [1.82, 2.24) is 20.1 Å². The molecule has 1 aromatic carbocycles. The summed E-state index contributed by atoms with van der Waals surface area (Å²) in [6.07, 6.45) is 6.43. The molecule has 38 heavy (non-hydrogen) atoms. The van der Waals surface area contributed by atoms with Crippen molar-refractivity contribution in [2.45, 2.75) is 64.7 Å². The Bertz CT molecular complexity index is 1410. The third-order valence-electron chi connectivity index (χ3n) is 6.38. The number of piperidine rings is 1. The summed E-state index contributed by atoms with van der Waals surface area (Å²) in [7, 11) is -1.30. The van der Waals surface area contributed by atoms with Gasteiger partial charge in [-0.15, -0.1) is 0 Å². The molecule has 0 unspecified atom stereocenters. The van der Waals surface area contributed by atoms with E-state index in [0.29, 0.717) is 23.1 Å². The SMILES string of the molecule is C=C(C)N1CC[C@@H](CC#N)[C@H](c2c[nH]c(=O)c3c(Nc4ccc(S(=C)(=C)C)cc4)n[nH]c23)C1.CC.CCC. The Kier molecular flexibility index (Phi) is 11.3. The second kappa shape index (κ2) is 13.9. The molecule has 206 valence electrons. The van der Waals surface area contributed by atoms with Crippen molar-refractivity contribution >= 4 is 43.4 Å². The Morgan fingerprint density at radius 3 is 2.45 bits per heavy atom. The number of H-pyrrole nitrogens is 2. The lowest BCUT2D eigenvalue weighted by Gasteiger charge is -2.39. The average molecular weight is 537 g/mol. The smallest absolute Gasteiger partial charge is 0.261 e. The summed E-state index contributed by atoms with van der Waals surface area (Å²) in [5.41, 5.74) is 3.31. The van der Waals surface area contributed by atoms with Gasteiger partial charge in [0.2, 0.25) is 0 Å². The fraction of sp³-hybridized carbons (Fsp3) is 0.433. The zero-order chi connectivity index (χ0) is 28.5. The number of rotatable bonds is 6. The van der Waals surface area contributed by atoms with E-state index in [-0.39, 0.29) is 17.4 Å². The van der Waals surface area contributed by atoms with E-state index < -0.39 is 9.21 Å². The molecule has 2 aromatic heterocycles. The summed E-state index contributed by atoms with van der Waals surface area (Å²) >= 11 is 0. The van der Waals surface area contributed by atoms with Crippen LogP contribution in [0.4, 0.5) is 11.5 Å². The molecular weight excluding hydrogens is 492 g/mol. The summed E-state index contributed by atoms with van der Waals surface area (Å²) in [5.74, 6) is 9.06. The van der Waals surface area contributed by atoms with E-state index in [1.54, 1.807) is 6.20 Å². The first-order chi connectivity index (χ1) is 18.1. The van der Waals surface area contributed by atoms with Gasteiger partial charge in [0, 0.05) is 43.0 Å².